The number of nitrogens with zero attached hydrogens (tertiary/aromatic N) is 1. The van der Waals surface area contributed by atoms with Crippen molar-refractivity contribution < 1.29 is 14.3 Å². The fourth-order valence-corrected chi connectivity index (χ4v) is 4.65. The third kappa shape index (κ3) is 4.99. The van der Waals surface area contributed by atoms with Crippen LogP contribution in [0.25, 0.3) is 0 Å². The maximum atomic E-state index is 12.3. The Kier molecular flexibility index (Phi) is 6.75. The minimum Gasteiger partial charge on any atom is -0.493 e. The summed E-state index contributed by atoms with van der Waals surface area (Å²) in [5, 5.41) is 0.0585. The lowest BCUT2D eigenvalue weighted by molar-refractivity contribution is -0.127. The van der Waals surface area contributed by atoms with Gasteiger partial charge in [0.15, 0.2) is 11.5 Å². The van der Waals surface area contributed by atoms with E-state index in [1.807, 2.05) is 41.8 Å². The van der Waals surface area contributed by atoms with Crippen LogP contribution < -0.4 is 9.47 Å². The van der Waals surface area contributed by atoms with Crippen LogP contribution in [-0.2, 0) is 4.79 Å². The molecule has 1 aliphatic heterocycles. The smallest absolute Gasteiger partial charge is 0.233 e. The second kappa shape index (κ2) is 8.39. The molecule has 1 aliphatic rings. The predicted octanol–water partition coefficient (Wildman–Crippen LogP) is 4.20. The topological polar surface area (TPSA) is 38.8 Å². The molecule has 1 unspecified atom stereocenters. The summed E-state index contributed by atoms with van der Waals surface area (Å²) in [6, 6.07) is 5.95. The Balaban J connectivity index is 2.13. The van der Waals surface area contributed by atoms with Gasteiger partial charge in [-0.3, -0.25) is 4.79 Å². The standard InChI is InChI=1S/C18H27NO3S2/c1-6-22-15-11-13(7-8-14(15)21-5)17-19(16(20)12-23-17)9-10-24-18(2,3)4/h7-8,11,17H,6,9-10,12H2,1-5H3. The molecule has 0 aromatic heterocycles. The van der Waals surface area contributed by atoms with E-state index in [9.17, 15) is 4.79 Å². The van der Waals surface area contributed by atoms with Crippen LogP contribution in [0.3, 0.4) is 0 Å². The van der Waals surface area contributed by atoms with Crippen molar-refractivity contribution in [2.45, 2.75) is 37.8 Å². The minimum absolute atomic E-state index is 0.0585. The number of amides is 1. The van der Waals surface area contributed by atoms with Gasteiger partial charge in [-0.25, -0.2) is 0 Å². The van der Waals surface area contributed by atoms with Gasteiger partial charge in [0.05, 0.1) is 19.5 Å². The second-order valence-corrected chi connectivity index (χ2v) is 9.54. The average Bonchev–Trinajstić information content (AvgIpc) is 2.88. The number of ether oxygens (including phenoxy) is 2. The average molecular weight is 370 g/mol. The van der Waals surface area contributed by atoms with Gasteiger partial charge in [0.2, 0.25) is 5.91 Å². The van der Waals surface area contributed by atoms with Gasteiger partial charge in [0.1, 0.15) is 5.37 Å². The van der Waals surface area contributed by atoms with E-state index in [0.717, 1.165) is 29.4 Å². The van der Waals surface area contributed by atoms with Gasteiger partial charge < -0.3 is 14.4 Å². The molecule has 1 atom stereocenters. The maximum Gasteiger partial charge on any atom is 0.233 e. The molecule has 0 bridgehead atoms. The highest BCUT2D eigenvalue weighted by Gasteiger charge is 2.33. The third-order valence-corrected chi connectivity index (χ3v) is 6.12. The number of carbonyl (C=O) groups excluding carboxylic acids is 1. The molecule has 1 saturated heterocycles. The molecular formula is C18H27NO3S2. The molecule has 2 rings (SSSR count). The van der Waals surface area contributed by atoms with Crippen molar-refractivity contribution in [1.29, 1.82) is 0 Å². The van der Waals surface area contributed by atoms with Gasteiger partial charge in [-0.2, -0.15) is 11.8 Å². The van der Waals surface area contributed by atoms with Crippen molar-refractivity contribution in [2.24, 2.45) is 0 Å². The van der Waals surface area contributed by atoms with Crippen LogP contribution in [0.2, 0.25) is 0 Å². The number of rotatable bonds is 7. The largest absolute Gasteiger partial charge is 0.493 e. The lowest BCUT2D eigenvalue weighted by Gasteiger charge is -2.26. The number of hydrogen-bond donors (Lipinski definition) is 0. The summed E-state index contributed by atoms with van der Waals surface area (Å²) in [5.41, 5.74) is 1.09. The molecule has 0 N–H and O–H groups in total. The quantitative estimate of drug-likeness (QED) is 0.720. The number of hydrogen-bond acceptors (Lipinski definition) is 5. The van der Waals surface area contributed by atoms with Crippen LogP contribution in [0.15, 0.2) is 18.2 Å². The van der Waals surface area contributed by atoms with E-state index in [-0.39, 0.29) is 16.0 Å². The highest BCUT2D eigenvalue weighted by molar-refractivity contribution is 8.01. The molecule has 24 heavy (non-hydrogen) atoms. The van der Waals surface area contributed by atoms with Gasteiger partial charge in [-0.1, -0.05) is 26.8 Å². The SMILES string of the molecule is CCOc1cc(C2SCC(=O)N2CCSC(C)(C)C)ccc1OC. The molecule has 1 fully saturated rings. The Morgan fingerprint density at radius 3 is 2.71 bits per heavy atom. The Hall–Kier alpha value is -1.01. The molecule has 0 aliphatic carbocycles. The number of benzene rings is 1. The highest BCUT2D eigenvalue weighted by Crippen LogP contribution is 2.41. The second-order valence-electron chi connectivity index (χ2n) is 6.55. The van der Waals surface area contributed by atoms with E-state index in [2.05, 4.69) is 20.8 Å². The van der Waals surface area contributed by atoms with Crippen molar-refractivity contribution >= 4 is 29.4 Å². The van der Waals surface area contributed by atoms with E-state index in [1.165, 1.54) is 0 Å². The van der Waals surface area contributed by atoms with Gasteiger partial charge in [0, 0.05) is 17.0 Å². The van der Waals surface area contributed by atoms with E-state index in [1.54, 1.807) is 18.9 Å². The number of thioether (sulfide) groups is 2. The molecule has 0 saturated carbocycles. The molecule has 1 heterocycles. The zero-order valence-electron chi connectivity index (χ0n) is 15.1. The summed E-state index contributed by atoms with van der Waals surface area (Å²) in [6.45, 7) is 9.92. The Morgan fingerprint density at radius 1 is 1.33 bits per heavy atom. The molecular weight excluding hydrogens is 342 g/mol. The van der Waals surface area contributed by atoms with E-state index < -0.39 is 0 Å². The summed E-state index contributed by atoms with van der Waals surface area (Å²) in [5.74, 6) is 3.17. The molecule has 0 radical (unpaired) electrons. The summed E-state index contributed by atoms with van der Waals surface area (Å²) < 4.78 is 11.2. The van der Waals surface area contributed by atoms with Crippen LogP contribution >= 0.6 is 23.5 Å². The third-order valence-electron chi connectivity index (χ3n) is 3.61. The molecule has 1 aromatic carbocycles. The lowest BCUT2D eigenvalue weighted by Crippen LogP contribution is -2.31. The van der Waals surface area contributed by atoms with Crippen molar-refractivity contribution in [3.8, 4) is 11.5 Å². The van der Waals surface area contributed by atoms with Gasteiger partial charge in [0.25, 0.3) is 0 Å². The molecule has 1 amide bonds. The zero-order valence-corrected chi connectivity index (χ0v) is 16.8. The first kappa shape index (κ1) is 19.3. The summed E-state index contributed by atoms with van der Waals surface area (Å²) in [4.78, 5) is 14.3. The molecule has 4 nitrogen and oxygen atoms in total. The molecule has 6 heteroatoms. The predicted molar refractivity (Wildman–Crippen MR) is 103 cm³/mol. The highest BCUT2D eigenvalue weighted by atomic mass is 32.2. The normalized spacial score (nSPS) is 18.1. The van der Waals surface area contributed by atoms with Gasteiger partial charge in [-0.05, 0) is 24.6 Å². The first-order valence-corrected chi connectivity index (χ1v) is 10.2. The van der Waals surface area contributed by atoms with Crippen LogP contribution in [0.4, 0.5) is 0 Å². The fourth-order valence-electron chi connectivity index (χ4n) is 2.54. The number of methoxy groups -OCH3 is 1. The van der Waals surface area contributed by atoms with E-state index in [0.29, 0.717) is 12.4 Å². The first-order valence-electron chi connectivity index (χ1n) is 8.21. The van der Waals surface area contributed by atoms with Crippen LogP contribution in [0, 0.1) is 0 Å². The first-order chi connectivity index (χ1) is 11.4. The maximum absolute atomic E-state index is 12.3. The van der Waals surface area contributed by atoms with Crippen molar-refractivity contribution in [3.63, 3.8) is 0 Å². The Morgan fingerprint density at radius 2 is 2.08 bits per heavy atom. The summed E-state index contributed by atoms with van der Waals surface area (Å²) in [6.07, 6.45) is 0. The Bertz CT molecular complexity index is 572. The Labute approximate surface area is 153 Å². The number of carbonyl (C=O) groups is 1. The van der Waals surface area contributed by atoms with Crippen LogP contribution in [0.5, 0.6) is 11.5 Å². The van der Waals surface area contributed by atoms with E-state index in [4.69, 9.17) is 9.47 Å². The minimum atomic E-state index is 0.0585. The van der Waals surface area contributed by atoms with Crippen LogP contribution in [0.1, 0.15) is 38.6 Å². The lowest BCUT2D eigenvalue weighted by atomic mass is 10.2. The summed E-state index contributed by atoms with van der Waals surface area (Å²) >= 11 is 3.57. The summed E-state index contributed by atoms with van der Waals surface area (Å²) in [7, 11) is 1.64. The van der Waals surface area contributed by atoms with Crippen molar-refractivity contribution in [1.82, 2.24) is 4.90 Å². The fraction of sp³-hybridized carbons (Fsp3) is 0.611. The van der Waals surface area contributed by atoms with E-state index >= 15 is 0 Å². The molecule has 0 spiro atoms. The monoisotopic (exact) mass is 369 g/mol. The van der Waals surface area contributed by atoms with Gasteiger partial charge in [-0.15, -0.1) is 11.8 Å². The molecule has 134 valence electrons. The van der Waals surface area contributed by atoms with Crippen LogP contribution in [-0.4, -0.2) is 47.3 Å². The van der Waals surface area contributed by atoms with Crippen molar-refractivity contribution in [2.75, 3.05) is 31.8 Å². The van der Waals surface area contributed by atoms with Gasteiger partial charge >= 0.3 is 0 Å². The molecule has 1 aromatic rings. The zero-order chi connectivity index (χ0) is 17.7. The van der Waals surface area contributed by atoms with Crippen molar-refractivity contribution in [3.05, 3.63) is 23.8 Å².